The third kappa shape index (κ3) is 3.86. The van der Waals surface area contributed by atoms with Gasteiger partial charge in [-0.25, -0.2) is 9.79 Å². The van der Waals surface area contributed by atoms with Crippen molar-refractivity contribution in [3.8, 4) is 0 Å². The molecule has 0 radical (unpaired) electrons. The van der Waals surface area contributed by atoms with Gasteiger partial charge in [0.05, 0.1) is 5.57 Å². The second-order valence-corrected chi connectivity index (χ2v) is 8.94. The summed E-state index contributed by atoms with van der Waals surface area (Å²) in [4.78, 5) is 30.6. The fraction of sp³-hybridized carbons (Fsp3) is 0.296. The van der Waals surface area contributed by atoms with Crippen molar-refractivity contribution in [1.29, 1.82) is 0 Å². The molecule has 2 aromatic carbocycles. The summed E-state index contributed by atoms with van der Waals surface area (Å²) in [6.07, 6.45) is 4.75. The molecule has 1 aliphatic carbocycles. The van der Waals surface area contributed by atoms with Crippen LogP contribution >= 0.6 is 0 Å². The number of rotatable bonds is 3. The number of hydrogen-bond donors (Lipinski definition) is 2. The van der Waals surface area contributed by atoms with E-state index in [4.69, 9.17) is 4.74 Å². The van der Waals surface area contributed by atoms with E-state index in [9.17, 15) is 9.59 Å². The number of amides is 1. The number of guanidine groups is 1. The van der Waals surface area contributed by atoms with Gasteiger partial charge in [-0.3, -0.25) is 10.1 Å². The van der Waals surface area contributed by atoms with E-state index in [1.807, 2.05) is 61.5 Å². The predicted octanol–water partition coefficient (Wildman–Crippen LogP) is 4.88. The van der Waals surface area contributed by atoms with E-state index in [1.54, 1.807) is 6.92 Å². The summed E-state index contributed by atoms with van der Waals surface area (Å²) < 4.78 is 6.08. The van der Waals surface area contributed by atoms with Crippen molar-refractivity contribution in [2.45, 2.75) is 51.6 Å². The summed E-state index contributed by atoms with van der Waals surface area (Å²) in [6, 6.07) is 17.7. The van der Waals surface area contributed by atoms with E-state index in [-0.39, 0.29) is 17.6 Å². The lowest BCUT2D eigenvalue weighted by Crippen LogP contribution is -2.33. The van der Waals surface area contributed by atoms with Gasteiger partial charge in [0.25, 0.3) is 5.91 Å². The lowest BCUT2D eigenvalue weighted by Gasteiger charge is -2.34. The Kier molecular flexibility index (Phi) is 5.36. The van der Waals surface area contributed by atoms with Crippen LogP contribution in [0.25, 0.3) is 5.57 Å². The molecule has 2 aliphatic heterocycles. The Morgan fingerprint density at radius 2 is 1.70 bits per heavy atom. The lowest BCUT2D eigenvalue weighted by atomic mass is 9.75. The highest BCUT2D eigenvalue weighted by Gasteiger charge is 2.49. The number of nitrogens with one attached hydrogen (secondary N) is 2. The van der Waals surface area contributed by atoms with Gasteiger partial charge in [0, 0.05) is 11.3 Å². The van der Waals surface area contributed by atoms with E-state index >= 15 is 0 Å². The van der Waals surface area contributed by atoms with E-state index in [2.05, 4.69) is 15.6 Å². The topological polar surface area (TPSA) is 79.8 Å². The third-order valence-electron chi connectivity index (χ3n) is 6.64. The van der Waals surface area contributed by atoms with Gasteiger partial charge in [-0.1, -0.05) is 54.4 Å². The SMILES string of the molecule is C/C(C1=C(c2ccccc2)C2(CCCCC2)OC1=O)=C1\N=C(Nc2ccc(C)cc2)NC1=O. The Balaban J connectivity index is 1.59. The standard InChI is InChI=1S/C27H27N3O3/c1-17-11-13-20(14-12-17)28-26-29-23(24(31)30-26)18(2)21-22(19-9-5-3-6-10-19)27(33-25(21)32)15-7-4-8-16-27/h3,5-6,9-14H,4,7-8,15-16H2,1-2H3,(H2,28,29,30,31)/b23-18+. The molecule has 0 aromatic heterocycles. The molecule has 6 nitrogen and oxygen atoms in total. The van der Waals surface area contributed by atoms with Crippen LogP contribution in [0.4, 0.5) is 5.69 Å². The molecule has 1 fully saturated rings. The minimum Gasteiger partial charge on any atom is -0.451 e. The van der Waals surface area contributed by atoms with Crippen molar-refractivity contribution >= 4 is 29.1 Å². The number of esters is 1. The van der Waals surface area contributed by atoms with Gasteiger partial charge in [0.1, 0.15) is 11.3 Å². The molecule has 3 aliphatic rings. The molecule has 168 valence electrons. The quantitative estimate of drug-likeness (QED) is 0.526. The average Bonchev–Trinajstić information content (AvgIpc) is 3.32. The van der Waals surface area contributed by atoms with Crippen LogP contribution in [0, 0.1) is 6.92 Å². The number of ether oxygens (including phenoxy) is 1. The van der Waals surface area contributed by atoms with Crippen molar-refractivity contribution in [3.63, 3.8) is 0 Å². The largest absolute Gasteiger partial charge is 0.451 e. The van der Waals surface area contributed by atoms with Gasteiger partial charge in [-0.2, -0.15) is 0 Å². The molecule has 2 N–H and O–H groups in total. The number of benzene rings is 2. The molecule has 2 aromatic rings. The first kappa shape index (κ1) is 21.2. The second kappa shape index (κ2) is 8.35. The summed E-state index contributed by atoms with van der Waals surface area (Å²) in [5.74, 6) is -0.359. The molecule has 0 unspecified atom stereocenters. The van der Waals surface area contributed by atoms with Crippen LogP contribution in [0.3, 0.4) is 0 Å². The highest BCUT2D eigenvalue weighted by Crippen LogP contribution is 2.50. The van der Waals surface area contributed by atoms with Crippen LogP contribution in [0.15, 0.2) is 76.4 Å². The molecule has 1 saturated carbocycles. The van der Waals surface area contributed by atoms with E-state index in [0.717, 1.165) is 54.5 Å². The highest BCUT2D eigenvalue weighted by molar-refractivity contribution is 6.18. The van der Waals surface area contributed by atoms with Crippen LogP contribution in [0.1, 0.15) is 50.2 Å². The summed E-state index contributed by atoms with van der Waals surface area (Å²) in [6.45, 7) is 3.80. The van der Waals surface area contributed by atoms with E-state index in [1.165, 1.54) is 0 Å². The maximum atomic E-state index is 13.2. The predicted molar refractivity (Wildman–Crippen MR) is 128 cm³/mol. The number of aliphatic imine (C=N–C) groups is 1. The zero-order valence-electron chi connectivity index (χ0n) is 18.9. The van der Waals surface area contributed by atoms with Crippen molar-refractivity contribution in [1.82, 2.24) is 5.32 Å². The minimum absolute atomic E-state index is 0.234. The lowest BCUT2D eigenvalue weighted by molar-refractivity contribution is -0.147. The number of carbonyl (C=O) groups is 2. The second-order valence-electron chi connectivity index (χ2n) is 8.94. The Morgan fingerprint density at radius 1 is 1.00 bits per heavy atom. The smallest absolute Gasteiger partial charge is 0.339 e. The van der Waals surface area contributed by atoms with Crippen molar-refractivity contribution in [2.75, 3.05) is 5.32 Å². The molecule has 5 rings (SSSR count). The molecular weight excluding hydrogens is 414 g/mol. The molecule has 1 amide bonds. The van der Waals surface area contributed by atoms with Gasteiger partial charge in [0.2, 0.25) is 5.96 Å². The number of hydrogen-bond acceptors (Lipinski definition) is 5. The number of nitrogens with zero attached hydrogens (tertiary/aromatic N) is 1. The summed E-state index contributed by atoms with van der Waals surface area (Å²) >= 11 is 0. The molecule has 0 atom stereocenters. The van der Waals surface area contributed by atoms with Gasteiger partial charge in [-0.15, -0.1) is 0 Å². The Labute approximate surface area is 193 Å². The minimum atomic E-state index is -0.629. The van der Waals surface area contributed by atoms with Crippen LogP contribution in [0.2, 0.25) is 0 Å². The number of carbonyl (C=O) groups excluding carboxylic acids is 2. The van der Waals surface area contributed by atoms with Gasteiger partial charge < -0.3 is 10.1 Å². The molecule has 33 heavy (non-hydrogen) atoms. The number of aryl methyl sites for hydroxylation is 1. The van der Waals surface area contributed by atoms with Crippen LogP contribution in [0.5, 0.6) is 0 Å². The van der Waals surface area contributed by atoms with Crippen LogP contribution in [-0.4, -0.2) is 23.4 Å². The monoisotopic (exact) mass is 441 g/mol. The van der Waals surface area contributed by atoms with Crippen molar-refractivity contribution in [2.24, 2.45) is 4.99 Å². The van der Waals surface area contributed by atoms with Gasteiger partial charge >= 0.3 is 5.97 Å². The molecule has 0 bridgehead atoms. The molecule has 0 saturated heterocycles. The molecule has 6 heteroatoms. The zero-order chi connectivity index (χ0) is 23.0. The number of anilines is 1. The van der Waals surface area contributed by atoms with Gasteiger partial charge in [0.15, 0.2) is 0 Å². The zero-order valence-corrected chi connectivity index (χ0v) is 18.9. The first-order valence-electron chi connectivity index (χ1n) is 11.5. The maximum absolute atomic E-state index is 13.2. The van der Waals surface area contributed by atoms with Gasteiger partial charge in [-0.05, 0) is 62.8 Å². The summed E-state index contributed by atoms with van der Waals surface area (Å²) in [5.41, 5.74) is 4.43. The molecular formula is C27H27N3O3. The average molecular weight is 442 g/mol. The highest BCUT2D eigenvalue weighted by atomic mass is 16.6. The molecule has 1 spiro atoms. The normalized spacial score (nSPS) is 21.1. The Bertz CT molecular complexity index is 1200. The summed E-state index contributed by atoms with van der Waals surface area (Å²) in [7, 11) is 0. The molecule has 2 heterocycles. The van der Waals surface area contributed by atoms with Crippen molar-refractivity contribution in [3.05, 3.63) is 82.6 Å². The van der Waals surface area contributed by atoms with E-state index in [0.29, 0.717) is 17.1 Å². The van der Waals surface area contributed by atoms with Crippen LogP contribution < -0.4 is 10.6 Å². The Hall–Kier alpha value is -3.67. The third-order valence-corrected chi connectivity index (χ3v) is 6.64. The first-order chi connectivity index (χ1) is 16.0. The maximum Gasteiger partial charge on any atom is 0.339 e. The summed E-state index contributed by atoms with van der Waals surface area (Å²) in [5, 5.41) is 5.92. The fourth-order valence-electron chi connectivity index (χ4n) is 5.00. The first-order valence-corrected chi connectivity index (χ1v) is 11.5. The van der Waals surface area contributed by atoms with Crippen molar-refractivity contribution < 1.29 is 14.3 Å². The van der Waals surface area contributed by atoms with E-state index < -0.39 is 5.60 Å². The van der Waals surface area contributed by atoms with Crippen LogP contribution in [-0.2, 0) is 14.3 Å². The fourth-order valence-corrected chi connectivity index (χ4v) is 5.00. The Morgan fingerprint density at radius 3 is 2.39 bits per heavy atom.